The first-order valence-electron chi connectivity index (χ1n) is 8.55. The molecule has 0 radical (unpaired) electrons. The molecule has 0 bridgehead atoms. The van der Waals surface area contributed by atoms with Gasteiger partial charge in [-0.3, -0.25) is 9.59 Å². The van der Waals surface area contributed by atoms with Crippen LogP contribution in [0.15, 0.2) is 59.5 Å². The molecule has 0 aliphatic rings. The number of H-pyrrole nitrogens is 1. The molecule has 0 saturated heterocycles. The average Bonchev–Trinajstić information content (AvgIpc) is 2.64. The first kappa shape index (κ1) is 18.3. The SMILES string of the molecule is CCOc1ccc(-c2cc(NC(=O)c3ccc(C)cc3O)c[nH]c2=O)cc1. The lowest BCUT2D eigenvalue weighted by atomic mass is 10.1. The summed E-state index contributed by atoms with van der Waals surface area (Å²) in [7, 11) is 0. The zero-order valence-electron chi connectivity index (χ0n) is 15.1. The molecule has 3 rings (SSSR count). The zero-order valence-corrected chi connectivity index (χ0v) is 15.1. The Balaban J connectivity index is 1.86. The molecule has 0 aliphatic carbocycles. The highest BCUT2D eigenvalue weighted by molar-refractivity contribution is 6.06. The van der Waals surface area contributed by atoms with Crippen LogP contribution in [0.4, 0.5) is 5.69 Å². The molecule has 1 amide bonds. The Labute approximate surface area is 156 Å². The summed E-state index contributed by atoms with van der Waals surface area (Å²) >= 11 is 0. The highest BCUT2D eigenvalue weighted by atomic mass is 16.5. The van der Waals surface area contributed by atoms with Crippen molar-refractivity contribution in [2.45, 2.75) is 13.8 Å². The predicted octanol–water partition coefficient (Wildman–Crippen LogP) is 3.71. The van der Waals surface area contributed by atoms with Gasteiger partial charge >= 0.3 is 0 Å². The summed E-state index contributed by atoms with van der Waals surface area (Å²) in [6.45, 7) is 4.29. The normalized spacial score (nSPS) is 10.4. The van der Waals surface area contributed by atoms with Crippen molar-refractivity contribution >= 4 is 11.6 Å². The molecular formula is C21H20N2O4. The number of aromatic nitrogens is 1. The number of aromatic hydroxyl groups is 1. The Morgan fingerprint density at radius 3 is 2.56 bits per heavy atom. The summed E-state index contributed by atoms with van der Waals surface area (Å²) in [5.74, 6) is 0.165. The molecule has 0 aliphatic heterocycles. The molecule has 0 saturated carbocycles. The molecule has 0 atom stereocenters. The van der Waals surface area contributed by atoms with E-state index in [2.05, 4.69) is 10.3 Å². The van der Waals surface area contributed by atoms with Crippen molar-refractivity contribution in [2.75, 3.05) is 11.9 Å². The number of pyridine rings is 1. The lowest BCUT2D eigenvalue weighted by molar-refractivity contribution is 0.102. The third kappa shape index (κ3) is 4.17. The smallest absolute Gasteiger partial charge is 0.259 e. The standard InChI is InChI=1S/C21H20N2O4/c1-3-27-16-7-5-14(6-8-16)18-11-15(12-22-20(18)25)23-21(26)17-9-4-13(2)10-19(17)24/h4-12,24H,3H2,1-2H3,(H,22,25)(H,23,26). The van der Waals surface area contributed by atoms with E-state index in [1.165, 1.54) is 12.3 Å². The number of phenols is 1. The maximum atomic E-state index is 12.4. The van der Waals surface area contributed by atoms with Crippen molar-refractivity contribution in [2.24, 2.45) is 0 Å². The Morgan fingerprint density at radius 2 is 1.89 bits per heavy atom. The molecule has 1 aromatic heterocycles. The second kappa shape index (κ2) is 7.78. The number of carbonyl (C=O) groups excluding carboxylic acids is 1. The fraction of sp³-hybridized carbons (Fsp3) is 0.143. The van der Waals surface area contributed by atoms with E-state index in [1.807, 2.05) is 13.8 Å². The van der Waals surface area contributed by atoms with Crippen LogP contribution < -0.4 is 15.6 Å². The van der Waals surface area contributed by atoms with Crippen LogP contribution in [0.25, 0.3) is 11.1 Å². The van der Waals surface area contributed by atoms with Crippen molar-refractivity contribution in [3.8, 4) is 22.6 Å². The largest absolute Gasteiger partial charge is 0.507 e. The van der Waals surface area contributed by atoms with Gasteiger partial charge in [-0.05, 0) is 55.3 Å². The zero-order chi connectivity index (χ0) is 19.4. The number of hydrogen-bond acceptors (Lipinski definition) is 4. The summed E-state index contributed by atoms with van der Waals surface area (Å²) in [5.41, 5.74) is 2.29. The quantitative estimate of drug-likeness (QED) is 0.644. The number of carbonyl (C=O) groups is 1. The minimum Gasteiger partial charge on any atom is -0.507 e. The monoisotopic (exact) mass is 364 g/mol. The molecule has 1 heterocycles. The molecule has 3 N–H and O–H groups in total. The van der Waals surface area contributed by atoms with Gasteiger partial charge in [0.25, 0.3) is 11.5 Å². The number of ether oxygens (including phenoxy) is 1. The number of aryl methyl sites for hydroxylation is 1. The highest BCUT2D eigenvalue weighted by Crippen LogP contribution is 2.23. The Bertz CT molecular complexity index is 1020. The van der Waals surface area contributed by atoms with Crippen molar-refractivity contribution < 1.29 is 14.6 Å². The van der Waals surface area contributed by atoms with Crippen LogP contribution in [0.5, 0.6) is 11.5 Å². The van der Waals surface area contributed by atoms with Gasteiger partial charge in [0.2, 0.25) is 0 Å². The van der Waals surface area contributed by atoms with Crippen molar-refractivity contribution in [3.63, 3.8) is 0 Å². The van der Waals surface area contributed by atoms with E-state index in [4.69, 9.17) is 4.74 Å². The first-order chi connectivity index (χ1) is 13.0. The molecule has 27 heavy (non-hydrogen) atoms. The maximum absolute atomic E-state index is 12.4. The number of phenolic OH excluding ortho intramolecular Hbond substituents is 1. The summed E-state index contributed by atoms with van der Waals surface area (Å²) in [4.78, 5) is 27.2. The average molecular weight is 364 g/mol. The molecule has 0 unspecified atom stereocenters. The molecule has 2 aromatic carbocycles. The van der Waals surface area contributed by atoms with Gasteiger partial charge in [0.05, 0.1) is 17.9 Å². The third-order valence-electron chi connectivity index (χ3n) is 4.04. The number of nitrogens with one attached hydrogen (secondary N) is 2. The van der Waals surface area contributed by atoms with E-state index in [0.717, 1.165) is 11.3 Å². The van der Waals surface area contributed by atoms with Crippen LogP contribution in [-0.4, -0.2) is 22.6 Å². The fourth-order valence-corrected chi connectivity index (χ4v) is 2.70. The summed E-state index contributed by atoms with van der Waals surface area (Å²) in [6, 6.07) is 13.6. The van der Waals surface area contributed by atoms with Crippen LogP contribution >= 0.6 is 0 Å². The molecule has 6 heteroatoms. The number of benzene rings is 2. The molecular weight excluding hydrogens is 344 g/mol. The number of amides is 1. The predicted molar refractivity (Wildman–Crippen MR) is 104 cm³/mol. The van der Waals surface area contributed by atoms with Crippen LogP contribution in [-0.2, 0) is 0 Å². The first-order valence-corrected chi connectivity index (χ1v) is 8.55. The van der Waals surface area contributed by atoms with Gasteiger partial charge in [-0.2, -0.15) is 0 Å². The van der Waals surface area contributed by atoms with Crippen molar-refractivity contribution in [3.05, 3.63) is 76.2 Å². The second-order valence-corrected chi connectivity index (χ2v) is 6.06. The Morgan fingerprint density at radius 1 is 1.15 bits per heavy atom. The summed E-state index contributed by atoms with van der Waals surface area (Å²) in [5, 5.41) is 12.6. The fourth-order valence-electron chi connectivity index (χ4n) is 2.70. The van der Waals surface area contributed by atoms with Gasteiger partial charge in [0.1, 0.15) is 11.5 Å². The van der Waals surface area contributed by atoms with E-state index in [0.29, 0.717) is 23.4 Å². The lowest BCUT2D eigenvalue weighted by Crippen LogP contribution is -2.15. The van der Waals surface area contributed by atoms with Gasteiger partial charge in [-0.25, -0.2) is 0 Å². The Hall–Kier alpha value is -3.54. The minimum absolute atomic E-state index is 0.0938. The lowest BCUT2D eigenvalue weighted by Gasteiger charge is -2.09. The number of aromatic amines is 1. The molecule has 138 valence electrons. The summed E-state index contributed by atoms with van der Waals surface area (Å²) in [6.07, 6.45) is 1.42. The minimum atomic E-state index is -0.461. The van der Waals surface area contributed by atoms with Gasteiger partial charge in [-0.1, -0.05) is 18.2 Å². The van der Waals surface area contributed by atoms with E-state index in [1.54, 1.807) is 42.5 Å². The number of rotatable bonds is 5. The van der Waals surface area contributed by atoms with Gasteiger partial charge in [0, 0.05) is 11.8 Å². The molecule has 0 fully saturated rings. The molecule has 6 nitrogen and oxygen atoms in total. The van der Waals surface area contributed by atoms with Crippen LogP contribution in [0.1, 0.15) is 22.8 Å². The third-order valence-corrected chi connectivity index (χ3v) is 4.04. The highest BCUT2D eigenvalue weighted by Gasteiger charge is 2.13. The van der Waals surface area contributed by atoms with E-state index < -0.39 is 5.91 Å². The van der Waals surface area contributed by atoms with Crippen molar-refractivity contribution in [1.29, 1.82) is 0 Å². The van der Waals surface area contributed by atoms with Gasteiger partial charge in [0.15, 0.2) is 0 Å². The molecule has 3 aromatic rings. The van der Waals surface area contributed by atoms with Gasteiger partial charge in [-0.15, -0.1) is 0 Å². The second-order valence-electron chi connectivity index (χ2n) is 6.06. The van der Waals surface area contributed by atoms with Crippen LogP contribution in [0.2, 0.25) is 0 Å². The maximum Gasteiger partial charge on any atom is 0.259 e. The summed E-state index contributed by atoms with van der Waals surface area (Å²) < 4.78 is 5.41. The number of hydrogen-bond donors (Lipinski definition) is 3. The van der Waals surface area contributed by atoms with Crippen LogP contribution in [0, 0.1) is 6.92 Å². The van der Waals surface area contributed by atoms with E-state index >= 15 is 0 Å². The Kier molecular flexibility index (Phi) is 5.26. The van der Waals surface area contributed by atoms with Gasteiger partial charge < -0.3 is 20.1 Å². The molecule has 0 spiro atoms. The van der Waals surface area contributed by atoms with E-state index in [9.17, 15) is 14.7 Å². The van der Waals surface area contributed by atoms with E-state index in [-0.39, 0.29) is 16.9 Å². The van der Waals surface area contributed by atoms with Crippen molar-refractivity contribution in [1.82, 2.24) is 4.98 Å². The topological polar surface area (TPSA) is 91.4 Å². The van der Waals surface area contributed by atoms with Crippen LogP contribution in [0.3, 0.4) is 0 Å². The number of anilines is 1.